The molecule has 0 spiro atoms. The zero-order valence-corrected chi connectivity index (χ0v) is 21.1. The summed E-state index contributed by atoms with van der Waals surface area (Å²) in [6.07, 6.45) is 0. The molecule has 0 fully saturated rings. The Morgan fingerprint density at radius 3 is 2.21 bits per heavy atom. The van der Waals surface area contributed by atoms with Gasteiger partial charge in [-0.05, 0) is 55.3 Å². The number of halogens is 2. The van der Waals surface area contributed by atoms with Gasteiger partial charge in [-0.3, -0.25) is 9.59 Å². The third kappa shape index (κ3) is 6.72. The highest BCUT2D eigenvalue weighted by molar-refractivity contribution is 8.00. The lowest BCUT2D eigenvalue weighted by Gasteiger charge is -2.16. The van der Waals surface area contributed by atoms with E-state index in [4.69, 9.17) is 23.2 Å². The first kappa shape index (κ1) is 25.1. The molecule has 0 saturated carbocycles. The van der Waals surface area contributed by atoms with Crippen molar-refractivity contribution in [3.63, 3.8) is 0 Å². The molecule has 0 radical (unpaired) electrons. The molecule has 0 aliphatic heterocycles. The number of amides is 2. The lowest BCUT2D eigenvalue weighted by Crippen LogP contribution is -2.23. The number of hydrogen-bond acceptors (Lipinski definition) is 5. The topological polar surface area (TPSA) is 88.9 Å². The molecule has 2 aromatic carbocycles. The van der Waals surface area contributed by atoms with Gasteiger partial charge in [-0.25, -0.2) is 0 Å². The smallest absolute Gasteiger partial charge is 0.237 e. The maximum atomic E-state index is 12.8. The van der Waals surface area contributed by atoms with Crippen molar-refractivity contribution in [2.45, 2.75) is 44.6 Å². The lowest BCUT2D eigenvalue weighted by atomic mass is 10.2. The van der Waals surface area contributed by atoms with Crippen LogP contribution < -0.4 is 10.6 Å². The van der Waals surface area contributed by atoms with E-state index in [1.54, 1.807) is 36.4 Å². The summed E-state index contributed by atoms with van der Waals surface area (Å²) in [7, 11) is 0. The van der Waals surface area contributed by atoms with Crippen LogP contribution in [0.25, 0.3) is 11.4 Å². The van der Waals surface area contributed by atoms with Crippen molar-refractivity contribution in [2.75, 3.05) is 10.6 Å². The second-order valence-corrected chi connectivity index (χ2v) is 10.1. The zero-order valence-electron chi connectivity index (χ0n) is 18.7. The highest BCUT2D eigenvalue weighted by atomic mass is 35.5. The summed E-state index contributed by atoms with van der Waals surface area (Å²) >= 11 is 13.8. The summed E-state index contributed by atoms with van der Waals surface area (Å²) in [6.45, 7) is 8.13. The van der Waals surface area contributed by atoms with Crippen molar-refractivity contribution < 1.29 is 9.59 Å². The number of aromatic nitrogens is 3. The van der Waals surface area contributed by atoms with Crippen molar-refractivity contribution in [1.82, 2.24) is 14.8 Å². The first-order valence-electron chi connectivity index (χ1n) is 10.4. The predicted octanol–water partition coefficient (Wildman–Crippen LogP) is 5.99. The van der Waals surface area contributed by atoms with Crippen LogP contribution in [0.3, 0.4) is 0 Å². The summed E-state index contributed by atoms with van der Waals surface area (Å²) in [4.78, 5) is 23.9. The Hall–Kier alpha value is -2.55. The Balaban J connectivity index is 1.77. The van der Waals surface area contributed by atoms with Crippen molar-refractivity contribution >= 4 is 58.2 Å². The summed E-state index contributed by atoms with van der Waals surface area (Å²) in [6, 6.07) is 12.2. The quantitative estimate of drug-likeness (QED) is 0.367. The Kier molecular flexibility index (Phi) is 8.40. The second kappa shape index (κ2) is 11.0. The van der Waals surface area contributed by atoms with Crippen molar-refractivity contribution in [3.05, 3.63) is 52.5 Å². The third-order valence-electron chi connectivity index (χ3n) is 4.56. The molecule has 1 aromatic heterocycles. The maximum Gasteiger partial charge on any atom is 0.237 e. The van der Waals surface area contributed by atoms with E-state index in [-0.39, 0.29) is 11.8 Å². The van der Waals surface area contributed by atoms with Gasteiger partial charge in [-0.2, -0.15) is 0 Å². The van der Waals surface area contributed by atoms with Gasteiger partial charge in [0.15, 0.2) is 11.0 Å². The monoisotopic (exact) mass is 505 g/mol. The number of carbonyl (C=O) groups excluding carboxylic acids is 2. The number of anilines is 2. The van der Waals surface area contributed by atoms with E-state index in [9.17, 15) is 9.59 Å². The predicted molar refractivity (Wildman–Crippen MR) is 135 cm³/mol. The van der Waals surface area contributed by atoms with Crippen LogP contribution in [0, 0.1) is 5.92 Å². The lowest BCUT2D eigenvalue weighted by molar-refractivity contribution is -0.115. The minimum atomic E-state index is -0.427. The average Bonchev–Trinajstić information content (AvgIpc) is 3.10. The van der Waals surface area contributed by atoms with Crippen LogP contribution in [-0.2, 0) is 16.1 Å². The van der Waals surface area contributed by atoms with E-state index in [0.29, 0.717) is 44.9 Å². The molecule has 2 N–H and O–H groups in total. The van der Waals surface area contributed by atoms with E-state index >= 15 is 0 Å². The molecule has 0 aliphatic rings. The van der Waals surface area contributed by atoms with Crippen molar-refractivity contribution in [2.24, 2.45) is 5.92 Å². The molecule has 0 saturated heterocycles. The summed E-state index contributed by atoms with van der Waals surface area (Å²) < 4.78 is 1.98. The van der Waals surface area contributed by atoms with E-state index in [2.05, 4.69) is 34.7 Å². The van der Waals surface area contributed by atoms with Gasteiger partial charge in [0.05, 0.1) is 10.3 Å². The summed E-state index contributed by atoms with van der Waals surface area (Å²) in [5.74, 6) is 0.643. The molecular formula is C23H25Cl2N5O2S. The number of nitrogens with one attached hydrogen (secondary N) is 2. The number of carbonyl (C=O) groups is 2. The van der Waals surface area contributed by atoms with Gasteiger partial charge in [0.25, 0.3) is 0 Å². The molecule has 10 heteroatoms. The SMILES string of the molecule is CC(=O)Nc1ccc(NC(=O)C(C)Sc2nnc(-c3ccc(Cl)cc3Cl)n2CC(C)C)cc1. The van der Waals surface area contributed by atoms with Crippen LogP contribution in [0.5, 0.6) is 0 Å². The molecule has 2 amide bonds. The largest absolute Gasteiger partial charge is 0.326 e. The number of rotatable bonds is 8. The fraction of sp³-hybridized carbons (Fsp3) is 0.304. The van der Waals surface area contributed by atoms with Crippen LogP contribution in [-0.4, -0.2) is 31.8 Å². The van der Waals surface area contributed by atoms with Crippen molar-refractivity contribution in [1.29, 1.82) is 0 Å². The highest BCUT2D eigenvalue weighted by Gasteiger charge is 2.22. The number of nitrogens with zero attached hydrogens (tertiary/aromatic N) is 3. The van der Waals surface area contributed by atoms with Gasteiger partial charge in [0, 0.05) is 35.4 Å². The first-order chi connectivity index (χ1) is 15.6. The van der Waals surface area contributed by atoms with Gasteiger partial charge in [-0.1, -0.05) is 48.8 Å². The van der Waals surface area contributed by atoms with E-state index in [1.165, 1.54) is 18.7 Å². The molecular weight excluding hydrogens is 481 g/mol. The van der Waals surface area contributed by atoms with Crippen LogP contribution in [0.15, 0.2) is 47.6 Å². The molecule has 7 nitrogen and oxygen atoms in total. The number of benzene rings is 2. The van der Waals surface area contributed by atoms with Crippen LogP contribution in [0.1, 0.15) is 27.7 Å². The minimum Gasteiger partial charge on any atom is -0.326 e. The van der Waals surface area contributed by atoms with Crippen LogP contribution in [0.4, 0.5) is 11.4 Å². The fourth-order valence-corrected chi connectivity index (χ4v) is 4.42. The van der Waals surface area contributed by atoms with Gasteiger partial charge in [-0.15, -0.1) is 10.2 Å². The number of hydrogen-bond donors (Lipinski definition) is 2. The van der Waals surface area contributed by atoms with E-state index in [1.807, 2.05) is 17.6 Å². The Morgan fingerprint density at radius 2 is 1.64 bits per heavy atom. The van der Waals surface area contributed by atoms with Gasteiger partial charge >= 0.3 is 0 Å². The van der Waals surface area contributed by atoms with Crippen LogP contribution in [0.2, 0.25) is 10.0 Å². The van der Waals surface area contributed by atoms with Crippen LogP contribution >= 0.6 is 35.0 Å². The fourth-order valence-electron chi connectivity index (χ4n) is 3.07. The van der Waals surface area contributed by atoms with Gasteiger partial charge < -0.3 is 15.2 Å². The molecule has 1 heterocycles. The molecule has 0 bridgehead atoms. The second-order valence-electron chi connectivity index (χ2n) is 7.94. The molecule has 174 valence electrons. The molecule has 3 rings (SSSR count). The molecule has 1 atom stereocenters. The van der Waals surface area contributed by atoms with Gasteiger partial charge in [0.2, 0.25) is 11.8 Å². The molecule has 33 heavy (non-hydrogen) atoms. The number of thioether (sulfide) groups is 1. The third-order valence-corrected chi connectivity index (χ3v) is 6.19. The zero-order chi connectivity index (χ0) is 24.1. The van der Waals surface area contributed by atoms with Gasteiger partial charge in [0.1, 0.15) is 0 Å². The normalized spacial score (nSPS) is 12.0. The molecule has 3 aromatic rings. The van der Waals surface area contributed by atoms with Crippen molar-refractivity contribution in [3.8, 4) is 11.4 Å². The standard InChI is InChI=1S/C23H25Cl2N5O2S/c1-13(2)12-30-21(19-10-5-16(24)11-20(19)25)28-29-23(30)33-14(3)22(32)27-18-8-6-17(7-9-18)26-15(4)31/h5-11,13-14H,12H2,1-4H3,(H,26,31)(H,27,32). The molecule has 1 unspecified atom stereocenters. The highest BCUT2D eigenvalue weighted by Crippen LogP contribution is 2.33. The first-order valence-corrected chi connectivity index (χ1v) is 12.0. The van der Waals surface area contributed by atoms with E-state index in [0.717, 1.165) is 5.56 Å². The maximum absolute atomic E-state index is 12.8. The average molecular weight is 506 g/mol. The minimum absolute atomic E-state index is 0.151. The van der Waals surface area contributed by atoms with E-state index < -0.39 is 5.25 Å². The molecule has 0 aliphatic carbocycles. The Labute approximate surface area is 207 Å². The summed E-state index contributed by atoms with van der Waals surface area (Å²) in [5, 5.41) is 15.5. The Morgan fingerprint density at radius 1 is 1.00 bits per heavy atom. The Bertz CT molecular complexity index is 1150. The summed E-state index contributed by atoms with van der Waals surface area (Å²) in [5.41, 5.74) is 2.04.